The molecule has 0 fully saturated rings. The van der Waals surface area contributed by atoms with Crippen LogP contribution in [0.5, 0.6) is 5.75 Å². The van der Waals surface area contributed by atoms with Crippen LogP contribution in [0.25, 0.3) is 0 Å². The normalized spacial score (nSPS) is 9.42. The molecule has 0 aliphatic heterocycles. The highest BCUT2D eigenvalue weighted by atomic mass is 16.5. The fourth-order valence-corrected chi connectivity index (χ4v) is 0.918. The Labute approximate surface area is 71.1 Å². The van der Waals surface area contributed by atoms with Crippen molar-refractivity contribution in [3.8, 4) is 5.75 Å². The van der Waals surface area contributed by atoms with Gasteiger partial charge < -0.3 is 10.5 Å². The van der Waals surface area contributed by atoms with Gasteiger partial charge in [-0.25, -0.2) is 4.79 Å². The highest BCUT2D eigenvalue weighted by molar-refractivity contribution is 5.68. The van der Waals surface area contributed by atoms with E-state index in [-0.39, 0.29) is 0 Å². The number of para-hydroxylation sites is 1. The van der Waals surface area contributed by atoms with E-state index in [1.165, 1.54) is 0 Å². The quantitative estimate of drug-likeness (QED) is 0.720. The Morgan fingerprint density at radius 3 is 2.75 bits per heavy atom. The lowest BCUT2D eigenvalue weighted by Crippen LogP contribution is -2.16. The lowest BCUT2D eigenvalue weighted by molar-refractivity contribution is 0.210. The number of carbonyl (C=O) groups is 1. The monoisotopic (exact) mass is 164 g/mol. The Balaban J connectivity index is 2.89. The first-order chi connectivity index (χ1) is 5.74. The molecule has 0 saturated carbocycles. The van der Waals surface area contributed by atoms with E-state index in [2.05, 4.69) is 6.92 Å². The summed E-state index contributed by atoms with van der Waals surface area (Å²) in [4.78, 5) is 10.4. The highest BCUT2D eigenvalue weighted by Crippen LogP contribution is 2.17. The van der Waals surface area contributed by atoms with Crippen molar-refractivity contribution in [1.82, 2.24) is 0 Å². The standard InChI is InChI=1S/C9H10NO2/c1-2-7-5-3-4-6-8(7)12-9(10)11/h3-6H,1-2H2,(H2,10,11). The van der Waals surface area contributed by atoms with E-state index >= 15 is 0 Å². The molecular weight excluding hydrogens is 154 g/mol. The molecule has 63 valence electrons. The zero-order chi connectivity index (χ0) is 8.97. The van der Waals surface area contributed by atoms with Crippen LogP contribution in [0.1, 0.15) is 5.56 Å². The smallest absolute Gasteiger partial charge is 0.409 e. The number of ether oxygens (including phenoxy) is 1. The summed E-state index contributed by atoms with van der Waals surface area (Å²) in [5.41, 5.74) is 5.74. The molecule has 0 spiro atoms. The van der Waals surface area contributed by atoms with E-state index < -0.39 is 6.09 Å². The lowest BCUT2D eigenvalue weighted by atomic mass is 10.1. The largest absolute Gasteiger partial charge is 0.410 e. The minimum absolute atomic E-state index is 0.486. The van der Waals surface area contributed by atoms with Gasteiger partial charge in [-0.1, -0.05) is 18.2 Å². The maximum atomic E-state index is 10.4. The Bertz CT molecular complexity index is 284. The SMILES string of the molecule is [CH2]Cc1ccccc1OC(N)=O. The second-order valence-electron chi connectivity index (χ2n) is 2.28. The van der Waals surface area contributed by atoms with E-state index in [0.717, 1.165) is 5.56 Å². The molecule has 0 atom stereocenters. The van der Waals surface area contributed by atoms with Gasteiger partial charge in [-0.3, -0.25) is 0 Å². The van der Waals surface area contributed by atoms with Crippen molar-refractivity contribution < 1.29 is 9.53 Å². The Kier molecular flexibility index (Phi) is 2.69. The topological polar surface area (TPSA) is 52.3 Å². The molecule has 12 heavy (non-hydrogen) atoms. The van der Waals surface area contributed by atoms with E-state index in [4.69, 9.17) is 10.5 Å². The van der Waals surface area contributed by atoms with Gasteiger partial charge in [-0.05, 0) is 25.0 Å². The summed E-state index contributed by atoms with van der Waals surface area (Å²) in [6.45, 7) is 3.69. The van der Waals surface area contributed by atoms with Gasteiger partial charge in [0.05, 0.1) is 0 Å². The Hall–Kier alpha value is -1.51. The number of benzene rings is 1. The van der Waals surface area contributed by atoms with Crippen LogP contribution in [-0.2, 0) is 6.42 Å². The summed E-state index contributed by atoms with van der Waals surface area (Å²) in [6, 6.07) is 7.16. The summed E-state index contributed by atoms with van der Waals surface area (Å²) in [7, 11) is 0. The molecule has 1 amide bonds. The molecule has 3 nitrogen and oxygen atoms in total. The second-order valence-corrected chi connectivity index (χ2v) is 2.28. The molecule has 0 aliphatic rings. The molecule has 3 heteroatoms. The summed E-state index contributed by atoms with van der Waals surface area (Å²) in [5, 5.41) is 0. The molecule has 0 aliphatic carbocycles. The third-order valence-corrected chi connectivity index (χ3v) is 1.45. The van der Waals surface area contributed by atoms with Crippen LogP contribution in [0.3, 0.4) is 0 Å². The van der Waals surface area contributed by atoms with Crippen molar-refractivity contribution >= 4 is 6.09 Å². The maximum Gasteiger partial charge on any atom is 0.409 e. The highest BCUT2D eigenvalue weighted by Gasteiger charge is 2.02. The molecule has 1 radical (unpaired) electrons. The molecule has 1 aromatic rings. The summed E-state index contributed by atoms with van der Waals surface area (Å²) >= 11 is 0. The molecule has 0 unspecified atom stereocenters. The van der Waals surface area contributed by atoms with Gasteiger partial charge >= 0.3 is 6.09 Å². The lowest BCUT2D eigenvalue weighted by Gasteiger charge is -2.04. The van der Waals surface area contributed by atoms with Crippen LogP contribution in [0, 0.1) is 6.92 Å². The average Bonchev–Trinajstić information content (AvgIpc) is 2.04. The first-order valence-corrected chi connectivity index (χ1v) is 3.58. The van der Waals surface area contributed by atoms with E-state index in [1.54, 1.807) is 12.1 Å². The van der Waals surface area contributed by atoms with Crippen LogP contribution in [-0.4, -0.2) is 6.09 Å². The first kappa shape index (κ1) is 8.59. The predicted molar refractivity (Wildman–Crippen MR) is 45.7 cm³/mol. The minimum Gasteiger partial charge on any atom is -0.410 e. The minimum atomic E-state index is -0.795. The van der Waals surface area contributed by atoms with Crippen LogP contribution in [0.15, 0.2) is 24.3 Å². The molecule has 1 aromatic carbocycles. The molecule has 2 N–H and O–H groups in total. The van der Waals surface area contributed by atoms with Gasteiger partial charge in [-0.15, -0.1) is 0 Å². The Morgan fingerprint density at radius 1 is 1.50 bits per heavy atom. The van der Waals surface area contributed by atoms with Crippen molar-refractivity contribution in [2.45, 2.75) is 6.42 Å². The van der Waals surface area contributed by atoms with Crippen molar-refractivity contribution in [2.75, 3.05) is 0 Å². The number of rotatable bonds is 2. The van der Waals surface area contributed by atoms with E-state index in [9.17, 15) is 4.79 Å². The van der Waals surface area contributed by atoms with Gasteiger partial charge in [0.2, 0.25) is 0 Å². The number of hydrogen-bond acceptors (Lipinski definition) is 2. The van der Waals surface area contributed by atoms with E-state index in [1.807, 2.05) is 12.1 Å². The first-order valence-electron chi connectivity index (χ1n) is 3.58. The molecule has 1 rings (SSSR count). The summed E-state index contributed by atoms with van der Waals surface area (Å²) < 4.78 is 4.74. The van der Waals surface area contributed by atoms with Gasteiger partial charge in [-0.2, -0.15) is 0 Å². The number of nitrogens with two attached hydrogens (primary N) is 1. The number of carbonyl (C=O) groups excluding carboxylic acids is 1. The van der Waals surface area contributed by atoms with Gasteiger partial charge in [0, 0.05) is 0 Å². The van der Waals surface area contributed by atoms with E-state index in [0.29, 0.717) is 12.2 Å². The van der Waals surface area contributed by atoms with Crippen molar-refractivity contribution in [3.05, 3.63) is 36.8 Å². The third kappa shape index (κ3) is 1.99. The molecular formula is C9H10NO2. The predicted octanol–water partition coefficient (Wildman–Crippen LogP) is 1.52. The fourth-order valence-electron chi connectivity index (χ4n) is 0.918. The zero-order valence-corrected chi connectivity index (χ0v) is 6.62. The number of primary amides is 1. The molecule has 0 saturated heterocycles. The number of hydrogen-bond donors (Lipinski definition) is 1. The molecule has 0 aromatic heterocycles. The maximum absolute atomic E-state index is 10.4. The second kappa shape index (κ2) is 3.76. The summed E-state index contributed by atoms with van der Waals surface area (Å²) in [5.74, 6) is 0.486. The van der Waals surface area contributed by atoms with Crippen LogP contribution in [0.4, 0.5) is 4.79 Å². The van der Waals surface area contributed by atoms with Crippen LogP contribution < -0.4 is 10.5 Å². The van der Waals surface area contributed by atoms with Crippen LogP contribution >= 0.6 is 0 Å². The molecule has 0 heterocycles. The van der Waals surface area contributed by atoms with Crippen LogP contribution in [0.2, 0.25) is 0 Å². The van der Waals surface area contributed by atoms with Gasteiger partial charge in [0.1, 0.15) is 5.75 Å². The van der Waals surface area contributed by atoms with Crippen molar-refractivity contribution in [1.29, 1.82) is 0 Å². The molecule has 0 bridgehead atoms. The van der Waals surface area contributed by atoms with Gasteiger partial charge in [0.25, 0.3) is 0 Å². The Morgan fingerprint density at radius 2 is 2.17 bits per heavy atom. The van der Waals surface area contributed by atoms with Crippen molar-refractivity contribution in [2.24, 2.45) is 5.73 Å². The van der Waals surface area contributed by atoms with Crippen molar-refractivity contribution in [3.63, 3.8) is 0 Å². The zero-order valence-electron chi connectivity index (χ0n) is 6.62. The van der Waals surface area contributed by atoms with Gasteiger partial charge in [0.15, 0.2) is 0 Å². The average molecular weight is 164 g/mol. The summed E-state index contributed by atoms with van der Waals surface area (Å²) in [6.07, 6.45) is -0.223. The third-order valence-electron chi connectivity index (χ3n) is 1.45. The number of amides is 1. The fraction of sp³-hybridized carbons (Fsp3) is 0.111.